The zero-order chi connectivity index (χ0) is 20.3. The highest BCUT2D eigenvalue weighted by atomic mass is 32.2. The van der Waals surface area contributed by atoms with E-state index >= 15 is 0 Å². The van der Waals surface area contributed by atoms with Crippen molar-refractivity contribution in [1.82, 2.24) is 19.5 Å². The minimum Gasteiger partial charge on any atom is -0.486 e. The Morgan fingerprint density at radius 1 is 1.29 bits per heavy atom. The number of ether oxygens (including phenoxy) is 1. The standard InChI is InChI=1S/C20H22F2N4OS/c1-6-28-17-11-8-19(2,3)27-14(11)10-24-16(17)18-25-12-7-15(20(4,21)22)23-9-13(12)26(18)5/h7,9-10H,6,8H2,1-5H3. The second kappa shape index (κ2) is 6.40. The van der Waals surface area contributed by atoms with Gasteiger partial charge in [0.1, 0.15) is 22.7 Å². The molecule has 0 fully saturated rings. The maximum atomic E-state index is 13.7. The summed E-state index contributed by atoms with van der Waals surface area (Å²) in [7, 11) is 1.85. The van der Waals surface area contributed by atoms with Crippen LogP contribution < -0.4 is 4.74 Å². The van der Waals surface area contributed by atoms with E-state index < -0.39 is 5.92 Å². The van der Waals surface area contributed by atoms with Crippen LogP contribution in [0.2, 0.25) is 0 Å². The van der Waals surface area contributed by atoms with E-state index in [0.717, 1.165) is 41.0 Å². The molecule has 28 heavy (non-hydrogen) atoms. The van der Waals surface area contributed by atoms with E-state index in [1.165, 1.54) is 12.3 Å². The minimum atomic E-state index is -3.01. The average molecular weight is 404 g/mol. The molecule has 0 amide bonds. The summed E-state index contributed by atoms with van der Waals surface area (Å²) in [5.41, 5.74) is 2.49. The van der Waals surface area contributed by atoms with Crippen LogP contribution in [0.25, 0.3) is 22.6 Å². The first-order chi connectivity index (χ1) is 13.1. The number of hydrogen-bond acceptors (Lipinski definition) is 5. The molecule has 0 aromatic carbocycles. The molecule has 3 aromatic rings. The molecule has 4 heterocycles. The Morgan fingerprint density at radius 3 is 2.71 bits per heavy atom. The second-order valence-corrected chi connectivity index (χ2v) is 8.97. The van der Waals surface area contributed by atoms with Gasteiger partial charge in [0.05, 0.1) is 23.4 Å². The molecule has 5 nitrogen and oxygen atoms in total. The Bertz CT molecular complexity index is 1070. The summed E-state index contributed by atoms with van der Waals surface area (Å²) < 4.78 is 35.2. The number of halogens is 2. The van der Waals surface area contributed by atoms with Gasteiger partial charge in [0.15, 0.2) is 5.82 Å². The Labute approximate surface area is 166 Å². The Hall–Kier alpha value is -2.22. The number of alkyl halides is 2. The molecular formula is C20H22F2N4OS. The third kappa shape index (κ3) is 3.13. The number of thioether (sulfide) groups is 1. The van der Waals surface area contributed by atoms with Gasteiger partial charge >= 0.3 is 0 Å². The Morgan fingerprint density at radius 2 is 2.04 bits per heavy atom. The third-order valence-electron chi connectivity index (χ3n) is 4.80. The summed E-state index contributed by atoms with van der Waals surface area (Å²) in [4.78, 5) is 14.2. The molecular weight excluding hydrogens is 382 g/mol. The molecule has 0 N–H and O–H groups in total. The van der Waals surface area contributed by atoms with E-state index in [2.05, 4.69) is 35.7 Å². The zero-order valence-corrected chi connectivity index (χ0v) is 17.3. The van der Waals surface area contributed by atoms with Crippen LogP contribution in [0.5, 0.6) is 5.75 Å². The molecule has 0 unspecified atom stereocenters. The lowest BCUT2D eigenvalue weighted by atomic mass is 10.0. The maximum Gasteiger partial charge on any atom is 0.287 e. The lowest BCUT2D eigenvalue weighted by Gasteiger charge is -2.16. The van der Waals surface area contributed by atoms with Gasteiger partial charge in [0, 0.05) is 30.9 Å². The summed E-state index contributed by atoms with van der Waals surface area (Å²) in [5.74, 6) is -0.692. The van der Waals surface area contributed by atoms with Crippen LogP contribution in [0, 0.1) is 0 Å². The quantitative estimate of drug-likeness (QED) is 0.575. The fourth-order valence-electron chi connectivity index (χ4n) is 3.53. The van der Waals surface area contributed by atoms with Gasteiger partial charge in [-0.1, -0.05) is 6.92 Å². The van der Waals surface area contributed by atoms with Crippen molar-refractivity contribution in [3.8, 4) is 17.3 Å². The van der Waals surface area contributed by atoms with Crippen molar-refractivity contribution in [2.75, 3.05) is 5.75 Å². The lowest BCUT2D eigenvalue weighted by molar-refractivity contribution is 0.0129. The first kappa shape index (κ1) is 19.1. The van der Waals surface area contributed by atoms with Crippen molar-refractivity contribution in [2.45, 2.75) is 50.5 Å². The summed E-state index contributed by atoms with van der Waals surface area (Å²) in [5, 5.41) is 0. The molecule has 1 aliphatic rings. The number of hydrogen-bond donors (Lipinski definition) is 0. The number of aryl methyl sites for hydroxylation is 1. The molecule has 148 valence electrons. The average Bonchev–Trinajstić information content (AvgIpc) is 3.10. The summed E-state index contributed by atoms with van der Waals surface area (Å²) >= 11 is 1.70. The number of rotatable bonds is 4. The van der Waals surface area contributed by atoms with Gasteiger partial charge in [-0.3, -0.25) is 4.98 Å². The molecule has 4 rings (SSSR count). The van der Waals surface area contributed by atoms with Crippen molar-refractivity contribution in [1.29, 1.82) is 0 Å². The first-order valence-corrected chi connectivity index (χ1v) is 10.1. The van der Waals surface area contributed by atoms with Crippen molar-refractivity contribution >= 4 is 22.8 Å². The number of pyridine rings is 2. The molecule has 0 bridgehead atoms. The van der Waals surface area contributed by atoms with Crippen LogP contribution in [0.4, 0.5) is 8.78 Å². The normalized spacial score (nSPS) is 15.7. The van der Waals surface area contributed by atoms with Crippen molar-refractivity contribution < 1.29 is 13.5 Å². The van der Waals surface area contributed by atoms with Crippen LogP contribution in [0.1, 0.15) is 39.0 Å². The predicted octanol–water partition coefficient (Wildman–Crippen LogP) is 4.97. The summed E-state index contributed by atoms with van der Waals surface area (Å²) in [6.07, 6.45) is 3.98. The SMILES string of the molecule is CCSc1c(-c2nc3cc(C(C)(F)F)ncc3n2C)ncc2c1CC(C)(C)O2. The van der Waals surface area contributed by atoms with E-state index in [1.807, 2.05) is 11.6 Å². The van der Waals surface area contributed by atoms with Crippen LogP contribution in [0.15, 0.2) is 23.4 Å². The van der Waals surface area contributed by atoms with Crippen molar-refractivity contribution in [3.63, 3.8) is 0 Å². The third-order valence-corrected chi connectivity index (χ3v) is 5.82. The minimum absolute atomic E-state index is 0.274. The Balaban J connectivity index is 1.90. The smallest absolute Gasteiger partial charge is 0.287 e. The van der Waals surface area contributed by atoms with Crippen LogP contribution in [-0.4, -0.2) is 30.9 Å². The van der Waals surface area contributed by atoms with Gasteiger partial charge in [0.25, 0.3) is 5.92 Å². The zero-order valence-electron chi connectivity index (χ0n) is 16.5. The molecule has 0 atom stereocenters. The van der Waals surface area contributed by atoms with E-state index in [1.54, 1.807) is 18.0 Å². The number of fused-ring (bicyclic) bond motifs is 2. The van der Waals surface area contributed by atoms with Gasteiger partial charge in [-0.05, 0) is 25.7 Å². The highest BCUT2D eigenvalue weighted by molar-refractivity contribution is 7.99. The first-order valence-electron chi connectivity index (χ1n) is 9.15. The van der Waals surface area contributed by atoms with E-state index in [4.69, 9.17) is 4.74 Å². The molecule has 0 spiro atoms. The van der Waals surface area contributed by atoms with Crippen molar-refractivity contribution in [3.05, 3.63) is 29.7 Å². The van der Waals surface area contributed by atoms with Gasteiger partial charge in [0.2, 0.25) is 0 Å². The maximum absolute atomic E-state index is 13.7. The van der Waals surface area contributed by atoms with Gasteiger partial charge in [-0.15, -0.1) is 11.8 Å². The number of imidazole rings is 1. The number of nitrogens with zero attached hydrogens (tertiary/aromatic N) is 4. The second-order valence-electron chi connectivity index (χ2n) is 7.69. The molecule has 0 saturated carbocycles. The largest absolute Gasteiger partial charge is 0.486 e. The Kier molecular flexibility index (Phi) is 4.37. The molecule has 8 heteroatoms. The highest BCUT2D eigenvalue weighted by Crippen LogP contribution is 2.44. The topological polar surface area (TPSA) is 52.8 Å². The van der Waals surface area contributed by atoms with Crippen LogP contribution >= 0.6 is 11.8 Å². The molecule has 0 saturated heterocycles. The fourth-order valence-corrected chi connectivity index (χ4v) is 4.45. The molecule has 0 aliphatic carbocycles. The van der Waals surface area contributed by atoms with Crippen molar-refractivity contribution in [2.24, 2.45) is 7.05 Å². The van der Waals surface area contributed by atoms with Crippen LogP contribution in [0.3, 0.4) is 0 Å². The van der Waals surface area contributed by atoms with Crippen LogP contribution in [-0.2, 0) is 19.4 Å². The molecule has 0 radical (unpaired) electrons. The van der Waals surface area contributed by atoms with Gasteiger partial charge in [-0.25, -0.2) is 9.97 Å². The van der Waals surface area contributed by atoms with E-state index in [9.17, 15) is 8.78 Å². The van der Waals surface area contributed by atoms with E-state index in [-0.39, 0.29) is 11.3 Å². The number of aromatic nitrogens is 4. The predicted molar refractivity (Wildman–Crippen MR) is 106 cm³/mol. The summed E-state index contributed by atoms with van der Waals surface area (Å²) in [6.45, 7) is 7.04. The van der Waals surface area contributed by atoms with Gasteiger partial charge in [-0.2, -0.15) is 8.78 Å². The summed E-state index contributed by atoms with van der Waals surface area (Å²) in [6, 6.07) is 1.35. The molecule has 3 aromatic heterocycles. The highest BCUT2D eigenvalue weighted by Gasteiger charge is 2.34. The fraction of sp³-hybridized carbons (Fsp3) is 0.450. The van der Waals surface area contributed by atoms with Gasteiger partial charge < -0.3 is 9.30 Å². The monoisotopic (exact) mass is 404 g/mol. The molecule has 1 aliphatic heterocycles. The lowest BCUT2D eigenvalue weighted by Crippen LogP contribution is -2.24. The van der Waals surface area contributed by atoms with E-state index in [0.29, 0.717) is 16.9 Å².